The molecule has 4 aromatic rings. The monoisotopic (exact) mass is 470 g/mol. The Morgan fingerprint density at radius 1 is 0.656 bits per heavy atom. The van der Waals surface area contributed by atoms with E-state index in [-0.39, 0.29) is 10.8 Å². The average molecular weight is 471 g/mol. The van der Waals surface area contributed by atoms with Gasteiger partial charge >= 0.3 is 0 Å². The van der Waals surface area contributed by atoms with Crippen molar-refractivity contribution in [2.24, 2.45) is 10.8 Å². The lowest BCUT2D eigenvalue weighted by atomic mass is 9.90. The average Bonchev–Trinajstić information content (AvgIpc) is 3.28. The Morgan fingerprint density at radius 2 is 1.00 bits per heavy atom. The first kappa shape index (κ1) is 24.8. The second-order valence-electron chi connectivity index (χ2n) is 10.6. The molecule has 0 bridgehead atoms. The molecule has 2 aromatic heterocycles. The number of hydrogen-bond acceptors (Lipinski definition) is 6. The Balaban J connectivity index is 0.000000181. The van der Waals surface area contributed by atoms with Crippen molar-refractivity contribution in [1.82, 2.24) is 9.97 Å². The minimum Gasteiger partial charge on any atom is -0.385 e. The maximum Gasteiger partial charge on any atom is 0.123 e. The summed E-state index contributed by atoms with van der Waals surface area (Å²) in [6, 6.07) is 12.4. The second kappa shape index (κ2) is 9.18. The highest BCUT2D eigenvalue weighted by atomic mass is 32.1. The first-order valence-electron chi connectivity index (χ1n) is 10.9. The summed E-state index contributed by atoms with van der Waals surface area (Å²) in [6.45, 7) is 16.2. The number of hydrogen-bond donors (Lipinski definition) is 2. The maximum atomic E-state index is 10.2. The highest BCUT2D eigenvalue weighted by molar-refractivity contribution is 7.19. The summed E-state index contributed by atoms with van der Waals surface area (Å²) < 4.78 is 2.29. The molecule has 0 spiro atoms. The number of fused-ring (bicyclic) bond motifs is 2. The zero-order valence-electron chi connectivity index (χ0n) is 20.2. The van der Waals surface area contributed by atoms with Gasteiger partial charge in [-0.3, -0.25) is 0 Å². The molecule has 2 atom stereocenters. The van der Waals surface area contributed by atoms with Gasteiger partial charge in [0.15, 0.2) is 0 Å². The van der Waals surface area contributed by atoms with Gasteiger partial charge in [0.2, 0.25) is 0 Å². The van der Waals surface area contributed by atoms with Crippen molar-refractivity contribution in [3.63, 3.8) is 0 Å². The second-order valence-corrected chi connectivity index (χ2v) is 12.7. The van der Waals surface area contributed by atoms with Crippen LogP contribution in [0.5, 0.6) is 0 Å². The van der Waals surface area contributed by atoms with Crippen molar-refractivity contribution < 1.29 is 10.2 Å². The van der Waals surface area contributed by atoms with Crippen LogP contribution in [-0.4, -0.2) is 20.2 Å². The third-order valence-corrected chi connectivity index (χ3v) is 7.41. The molecule has 32 heavy (non-hydrogen) atoms. The van der Waals surface area contributed by atoms with Crippen LogP contribution in [0.1, 0.15) is 74.9 Å². The molecule has 2 aromatic carbocycles. The number of benzene rings is 2. The minimum atomic E-state index is -0.495. The smallest absolute Gasteiger partial charge is 0.123 e. The molecule has 4 nitrogen and oxygen atoms in total. The van der Waals surface area contributed by atoms with E-state index in [9.17, 15) is 10.2 Å². The minimum absolute atomic E-state index is 0.164. The van der Waals surface area contributed by atoms with Gasteiger partial charge in [0.1, 0.15) is 22.2 Å². The number of aromatic nitrogens is 2. The van der Waals surface area contributed by atoms with Crippen LogP contribution in [0.2, 0.25) is 0 Å². The van der Waals surface area contributed by atoms with Crippen LogP contribution < -0.4 is 0 Å². The third-order valence-electron chi connectivity index (χ3n) is 5.23. The van der Waals surface area contributed by atoms with E-state index in [0.29, 0.717) is 0 Å². The molecule has 172 valence electrons. The Labute approximate surface area is 199 Å². The first-order chi connectivity index (χ1) is 14.8. The molecule has 2 N–H and O–H groups in total. The van der Waals surface area contributed by atoms with E-state index < -0.39 is 12.2 Å². The summed E-state index contributed by atoms with van der Waals surface area (Å²) in [5.74, 6) is 0. The number of aliphatic hydroxyl groups excluding tert-OH is 2. The van der Waals surface area contributed by atoms with E-state index in [1.165, 1.54) is 11.1 Å². The molecule has 2 heterocycles. The Hall–Kier alpha value is -1.86. The van der Waals surface area contributed by atoms with Crippen molar-refractivity contribution in [2.75, 3.05) is 0 Å². The summed E-state index contributed by atoms with van der Waals surface area (Å²) in [7, 11) is 0. The van der Waals surface area contributed by atoms with E-state index in [2.05, 4.69) is 60.2 Å². The van der Waals surface area contributed by atoms with Gasteiger partial charge in [0.05, 0.1) is 20.4 Å². The number of aliphatic hydroxyl groups is 2. The molecule has 0 unspecified atom stereocenters. The highest BCUT2D eigenvalue weighted by Gasteiger charge is 2.27. The first-order valence-corrected chi connectivity index (χ1v) is 12.5. The molecular weight excluding hydrogens is 436 g/mol. The van der Waals surface area contributed by atoms with Crippen LogP contribution in [-0.2, 0) is 0 Å². The predicted molar refractivity (Wildman–Crippen MR) is 138 cm³/mol. The SMILES string of the molecule is Cc1ccc2sc([C@@H](O)C(C)(C)C)nc2c1.Cc1ccc2sc([C@H](O)C(C)(C)C)nc2c1. The largest absolute Gasteiger partial charge is 0.385 e. The normalized spacial score (nSPS) is 14.3. The molecule has 0 amide bonds. The van der Waals surface area contributed by atoms with Gasteiger partial charge in [-0.15, -0.1) is 22.7 Å². The zero-order valence-corrected chi connectivity index (χ0v) is 21.9. The highest BCUT2D eigenvalue weighted by Crippen LogP contribution is 2.37. The lowest BCUT2D eigenvalue weighted by molar-refractivity contribution is 0.0626. The zero-order chi connectivity index (χ0) is 23.8. The fourth-order valence-electron chi connectivity index (χ4n) is 3.09. The standard InChI is InChI=1S/2C13H17NOS/c2*1-8-5-6-10-9(7-8)14-12(16-10)11(15)13(2,3)4/h2*5-7,11,15H,1-4H3/t2*11-/m10/s1. The maximum absolute atomic E-state index is 10.2. The third kappa shape index (κ3) is 5.73. The number of nitrogens with zero attached hydrogens (tertiary/aromatic N) is 2. The Morgan fingerprint density at radius 3 is 1.31 bits per heavy atom. The summed E-state index contributed by atoms with van der Waals surface area (Å²) in [5, 5.41) is 22.0. The fraction of sp³-hybridized carbons (Fsp3) is 0.462. The predicted octanol–water partition coefficient (Wildman–Crippen LogP) is 7.37. The lowest BCUT2D eigenvalue weighted by Gasteiger charge is -2.23. The summed E-state index contributed by atoms with van der Waals surface area (Å²) in [6.07, 6.45) is -0.990. The molecule has 0 saturated carbocycles. The van der Waals surface area contributed by atoms with E-state index in [0.717, 1.165) is 30.4 Å². The lowest BCUT2D eigenvalue weighted by Crippen LogP contribution is -2.17. The summed E-state index contributed by atoms with van der Waals surface area (Å²) >= 11 is 3.16. The van der Waals surface area contributed by atoms with Gasteiger partial charge in [-0.25, -0.2) is 9.97 Å². The van der Waals surface area contributed by atoms with Crippen molar-refractivity contribution >= 4 is 43.1 Å². The van der Waals surface area contributed by atoms with Gasteiger partial charge in [-0.1, -0.05) is 53.7 Å². The Bertz CT molecular complexity index is 1120. The van der Waals surface area contributed by atoms with Crippen LogP contribution in [0, 0.1) is 24.7 Å². The van der Waals surface area contributed by atoms with Crippen LogP contribution in [0.15, 0.2) is 36.4 Å². The van der Waals surface area contributed by atoms with Gasteiger partial charge in [0.25, 0.3) is 0 Å². The number of thiazole rings is 2. The molecule has 0 saturated heterocycles. The molecule has 6 heteroatoms. The van der Waals surface area contributed by atoms with E-state index in [1.54, 1.807) is 22.7 Å². The molecule has 0 radical (unpaired) electrons. The van der Waals surface area contributed by atoms with Crippen molar-refractivity contribution in [3.8, 4) is 0 Å². The van der Waals surface area contributed by atoms with E-state index >= 15 is 0 Å². The van der Waals surface area contributed by atoms with Gasteiger partial charge in [-0.2, -0.15) is 0 Å². The molecule has 0 fully saturated rings. The van der Waals surface area contributed by atoms with Crippen LogP contribution >= 0.6 is 22.7 Å². The van der Waals surface area contributed by atoms with E-state index in [1.807, 2.05) is 41.5 Å². The van der Waals surface area contributed by atoms with Crippen LogP contribution in [0.25, 0.3) is 20.4 Å². The van der Waals surface area contributed by atoms with Gasteiger partial charge in [0, 0.05) is 0 Å². The van der Waals surface area contributed by atoms with E-state index in [4.69, 9.17) is 0 Å². The van der Waals surface area contributed by atoms with Gasteiger partial charge in [-0.05, 0) is 60.1 Å². The van der Waals surface area contributed by atoms with Gasteiger partial charge < -0.3 is 10.2 Å². The quantitative estimate of drug-likeness (QED) is 0.321. The van der Waals surface area contributed by atoms with Crippen LogP contribution in [0.4, 0.5) is 0 Å². The van der Waals surface area contributed by atoms with Crippen molar-refractivity contribution in [1.29, 1.82) is 0 Å². The fourth-order valence-corrected chi connectivity index (χ4v) is 5.44. The Kier molecular flexibility index (Phi) is 7.11. The molecular formula is C26H34N2O2S2. The summed E-state index contributed by atoms with van der Waals surface area (Å²) in [5.41, 5.74) is 4.06. The molecule has 0 aliphatic rings. The molecule has 0 aliphatic carbocycles. The van der Waals surface area contributed by atoms with Crippen molar-refractivity contribution in [2.45, 2.75) is 67.6 Å². The topological polar surface area (TPSA) is 66.2 Å². The number of aryl methyl sites for hydroxylation is 2. The van der Waals surface area contributed by atoms with Crippen LogP contribution in [0.3, 0.4) is 0 Å². The molecule has 4 rings (SSSR count). The number of rotatable bonds is 2. The van der Waals surface area contributed by atoms with Crippen molar-refractivity contribution in [3.05, 3.63) is 57.5 Å². The molecule has 0 aliphatic heterocycles. The summed E-state index contributed by atoms with van der Waals surface area (Å²) in [4.78, 5) is 9.02.